The van der Waals surface area contributed by atoms with Crippen molar-refractivity contribution in [1.29, 1.82) is 0 Å². The lowest BCUT2D eigenvalue weighted by atomic mass is 9.91. The highest BCUT2D eigenvalue weighted by Gasteiger charge is 2.37. The molecular formula is C13H22N2O3S. The Hall–Kier alpha value is -1.17. The zero-order valence-corrected chi connectivity index (χ0v) is 12.5. The fourth-order valence-electron chi connectivity index (χ4n) is 2.49. The Morgan fingerprint density at radius 3 is 2.47 bits per heavy atom. The number of carbonyl (C=O) groups excluding carboxylic acids is 2. The van der Waals surface area contributed by atoms with Crippen molar-refractivity contribution in [2.45, 2.75) is 39.2 Å². The van der Waals surface area contributed by atoms with Gasteiger partial charge in [-0.15, -0.1) is 0 Å². The number of thiocarbonyl (C=S) groups is 1. The molecule has 5 nitrogen and oxygen atoms in total. The summed E-state index contributed by atoms with van der Waals surface area (Å²) < 4.78 is 4.77. The first-order chi connectivity index (χ1) is 8.90. The number of hydrogen-bond acceptors (Lipinski definition) is 4. The van der Waals surface area contributed by atoms with Gasteiger partial charge in [0.2, 0.25) is 5.91 Å². The Morgan fingerprint density at radius 1 is 1.37 bits per heavy atom. The van der Waals surface area contributed by atoms with Crippen LogP contribution in [0.25, 0.3) is 0 Å². The van der Waals surface area contributed by atoms with E-state index in [1.807, 2.05) is 13.8 Å². The van der Waals surface area contributed by atoms with Crippen LogP contribution >= 0.6 is 12.2 Å². The van der Waals surface area contributed by atoms with Gasteiger partial charge in [0.05, 0.1) is 18.0 Å². The summed E-state index contributed by atoms with van der Waals surface area (Å²) in [6.07, 6.45) is 2.45. The number of carbonyl (C=O) groups is 2. The van der Waals surface area contributed by atoms with Crippen LogP contribution < -0.4 is 5.73 Å². The summed E-state index contributed by atoms with van der Waals surface area (Å²) in [6, 6.07) is -0.498. The average molecular weight is 286 g/mol. The van der Waals surface area contributed by atoms with Gasteiger partial charge in [-0.2, -0.15) is 0 Å². The molecule has 0 saturated carbocycles. The predicted octanol–water partition coefficient (Wildman–Crippen LogP) is 1.10. The molecule has 0 aromatic carbocycles. The molecule has 0 spiro atoms. The first-order valence-corrected chi connectivity index (χ1v) is 6.98. The van der Waals surface area contributed by atoms with Gasteiger partial charge in [-0.25, -0.2) is 4.79 Å². The van der Waals surface area contributed by atoms with E-state index in [2.05, 4.69) is 0 Å². The van der Waals surface area contributed by atoms with Crippen LogP contribution in [0.15, 0.2) is 0 Å². The van der Waals surface area contributed by atoms with Crippen molar-refractivity contribution in [1.82, 2.24) is 4.90 Å². The molecule has 1 aliphatic rings. The van der Waals surface area contributed by atoms with Gasteiger partial charge in [0.1, 0.15) is 6.04 Å². The Balaban J connectivity index is 2.93. The summed E-state index contributed by atoms with van der Waals surface area (Å²) in [5, 5.41) is 0. The van der Waals surface area contributed by atoms with E-state index in [1.54, 1.807) is 4.90 Å². The Kier molecular flexibility index (Phi) is 5.72. The number of ether oxygens (including phenoxy) is 1. The van der Waals surface area contributed by atoms with Gasteiger partial charge in [-0.1, -0.05) is 26.1 Å². The lowest BCUT2D eigenvalue weighted by Gasteiger charge is -2.36. The third-order valence-corrected chi connectivity index (χ3v) is 3.75. The molecule has 1 fully saturated rings. The number of rotatable bonds is 4. The molecule has 0 aromatic rings. The number of nitrogens with two attached hydrogens (primary N) is 1. The third-order valence-electron chi connectivity index (χ3n) is 3.50. The highest BCUT2D eigenvalue weighted by atomic mass is 32.1. The molecular weight excluding hydrogens is 264 g/mol. The number of methoxy groups -OCH3 is 1. The van der Waals surface area contributed by atoms with Gasteiger partial charge < -0.3 is 15.4 Å². The van der Waals surface area contributed by atoms with Crippen LogP contribution in [-0.4, -0.2) is 41.5 Å². The van der Waals surface area contributed by atoms with Gasteiger partial charge >= 0.3 is 5.97 Å². The quantitative estimate of drug-likeness (QED) is 0.619. The van der Waals surface area contributed by atoms with Crippen LogP contribution in [0, 0.1) is 11.8 Å². The minimum atomic E-state index is -0.514. The van der Waals surface area contributed by atoms with Gasteiger partial charge in [-0.3, -0.25) is 4.79 Å². The van der Waals surface area contributed by atoms with Crippen LogP contribution in [-0.2, 0) is 14.3 Å². The molecule has 1 heterocycles. The van der Waals surface area contributed by atoms with E-state index in [0.29, 0.717) is 13.0 Å². The maximum absolute atomic E-state index is 12.6. The minimum Gasteiger partial charge on any atom is -0.467 e. The molecule has 2 N–H and O–H groups in total. The van der Waals surface area contributed by atoms with Crippen molar-refractivity contribution in [2.24, 2.45) is 17.6 Å². The number of nitrogens with zero attached hydrogens (tertiary/aromatic N) is 1. The fraction of sp³-hybridized carbons (Fsp3) is 0.769. The molecule has 1 amide bonds. The third kappa shape index (κ3) is 3.65. The average Bonchev–Trinajstić information content (AvgIpc) is 2.36. The van der Waals surface area contributed by atoms with E-state index in [1.165, 1.54) is 7.11 Å². The maximum Gasteiger partial charge on any atom is 0.328 e. The molecule has 0 aliphatic carbocycles. The first-order valence-electron chi connectivity index (χ1n) is 6.57. The predicted molar refractivity (Wildman–Crippen MR) is 76.5 cm³/mol. The zero-order valence-electron chi connectivity index (χ0n) is 11.7. The smallest absolute Gasteiger partial charge is 0.328 e. The second-order valence-corrected chi connectivity index (χ2v) is 5.66. The van der Waals surface area contributed by atoms with Crippen molar-refractivity contribution in [3.63, 3.8) is 0 Å². The van der Waals surface area contributed by atoms with E-state index in [4.69, 9.17) is 22.7 Å². The van der Waals surface area contributed by atoms with Crippen LogP contribution in [0.5, 0.6) is 0 Å². The van der Waals surface area contributed by atoms with Crippen LogP contribution in [0.4, 0.5) is 0 Å². The normalized spacial score (nSPS) is 21.1. The van der Waals surface area contributed by atoms with Gasteiger partial charge in [0, 0.05) is 6.54 Å². The molecule has 2 unspecified atom stereocenters. The van der Waals surface area contributed by atoms with Crippen molar-refractivity contribution in [3.05, 3.63) is 0 Å². The van der Waals surface area contributed by atoms with E-state index in [9.17, 15) is 9.59 Å². The van der Waals surface area contributed by atoms with Gasteiger partial charge in [0.15, 0.2) is 0 Å². The molecule has 1 aliphatic heterocycles. The summed E-state index contributed by atoms with van der Waals surface area (Å²) in [7, 11) is 1.34. The molecule has 0 radical (unpaired) electrons. The topological polar surface area (TPSA) is 72.6 Å². The van der Waals surface area contributed by atoms with Gasteiger partial charge in [0.25, 0.3) is 0 Å². The van der Waals surface area contributed by atoms with Crippen LogP contribution in [0.2, 0.25) is 0 Å². The summed E-state index contributed by atoms with van der Waals surface area (Å²) in [5.41, 5.74) is 5.67. The van der Waals surface area contributed by atoms with E-state index in [0.717, 1.165) is 12.8 Å². The summed E-state index contributed by atoms with van der Waals surface area (Å²) >= 11 is 4.99. The summed E-state index contributed by atoms with van der Waals surface area (Å²) in [5.74, 6) is -1.01. The van der Waals surface area contributed by atoms with Crippen molar-refractivity contribution < 1.29 is 14.3 Å². The second kappa shape index (κ2) is 6.84. The van der Waals surface area contributed by atoms with Crippen molar-refractivity contribution in [3.8, 4) is 0 Å². The largest absolute Gasteiger partial charge is 0.467 e. The number of hydrogen-bond donors (Lipinski definition) is 1. The Labute approximate surface area is 119 Å². The molecule has 108 valence electrons. The van der Waals surface area contributed by atoms with Crippen LogP contribution in [0.1, 0.15) is 33.1 Å². The van der Waals surface area contributed by atoms with E-state index >= 15 is 0 Å². The molecule has 0 bridgehead atoms. The lowest BCUT2D eigenvalue weighted by molar-refractivity contribution is -0.155. The number of esters is 1. The Bertz CT molecular complexity index is 371. The first kappa shape index (κ1) is 15.9. The monoisotopic (exact) mass is 286 g/mol. The maximum atomic E-state index is 12.6. The summed E-state index contributed by atoms with van der Waals surface area (Å²) in [6.45, 7) is 4.36. The van der Waals surface area contributed by atoms with Crippen molar-refractivity contribution in [2.75, 3.05) is 13.7 Å². The van der Waals surface area contributed by atoms with Gasteiger partial charge in [-0.05, 0) is 25.2 Å². The zero-order chi connectivity index (χ0) is 14.6. The second-order valence-electron chi connectivity index (χ2n) is 5.19. The SMILES string of the molecule is COC(=O)C1CCCCN1C(=O)C(C(N)=S)C(C)C. The number of amides is 1. The number of piperidine rings is 1. The highest BCUT2D eigenvalue weighted by Crippen LogP contribution is 2.23. The molecule has 2 atom stereocenters. The van der Waals surface area contributed by atoms with E-state index < -0.39 is 12.0 Å². The molecule has 6 heteroatoms. The molecule has 0 aromatic heterocycles. The molecule has 19 heavy (non-hydrogen) atoms. The van der Waals surface area contributed by atoms with Crippen molar-refractivity contribution >= 4 is 29.1 Å². The lowest BCUT2D eigenvalue weighted by Crippen LogP contribution is -2.53. The summed E-state index contributed by atoms with van der Waals surface area (Å²) in [4.78, 5) is 26.1. The minimum absolute atomic E-state index is 0.0187. The number of likely N-dealkylation sites (tertiary alicyclic amines) is 1. The highest BCUT2D eigenvalue weighted by molar-refractivity contribution is 7.80. The van der Waals surface area contributed by atoms with Crippen LogP contribution in [0.3, 0.4) is 0 Å². The molecule has 1 saturated heterocycles. The van der Waals surface area contributed by atoms with E-state index in [-0.39, 0.29) is 22.8 Å². The fourth-order valence-corrected chi connectivity index (χ4v) is 2.86. The molecule has 1 rings (SSSR count). The Morgan fingerprint density at radius 2 is 2.00 bits per heavy atom. The standard InChI is InChI=1S/C13H22N2O3S/c1-8(2)10(11(14)19)12(16)15-7-5-4-6-9(15)13(17)18-3/h8-10H,4-7H2,1-3H3,(H2,14,19).